The van der Waals surface area contributed by atoms with Crippen molar-refractivity contribution in [1.29, 1.82) is 0 Å². The van der Waals surface area contributed by atoms with Gasteiger partial charge in [0, 0.05) is 16.8 Å². The molecule has 0 aliphatic carbocycles. The fourth-order valence-corrected chi connectivity index (χ4v) is 3.71. The first-order valence-corrected chi connectivity index (χ1v) is 9.03. The highest BCUT2D eigenvalue weighted by Crippen LogP contribution is 2.37. The van der Waals surface area contributed by atoms with E-state index in [0.29, 0.717) is 5.75 Å². The Labute approximate surface area is 153 Å². The van der Waals surface area contributed by atoms with Gasteiger partial charge in [0.1, 0.15) is 5.75 Å². The minimum Gasteiger partial charge on any atom is -0.508 e. The summed E-state index contributed by atoms with van der Waals surface area (Å²) in [5.41, 5.74) is 2.65. The average Bonchev–Trinajstić information content (AvgIpc) is 3.09. The van der Waals surface area contributed by atoms with Crippen LogP contribution in [-0.4, -0.2) is 17.6 Å². The second kappa shape index (κ2) is 6.57. The van der Waals surface area contributed by atoms with E-state index in [1.807, 2.05) is 36.4 Å². The molecular weight excluding hydrogens is 328 g/mol. The van der Waals surface area contributed by atoms with Crippen molar-refractivity contribution >= 4 is 5.70 Å². The molecule has 136 valence electrons. The van der Waals surface area contributed by atoms with Gasteiger partial charge < -0.3 is 19.9 Å². The molecular formula is C21H24N2O3. The molecule has 2 atom stereocenters. The molecule has 2 aromatic rings. The first kappa shape index (κ1) is 16.8. The van der Waals surface area contributed by atoms with Gasteiger partial charge in [-0.05, 0) is 43.7 Å². The second-order valence-corrected chi connectivity index (χ2v) is 7.04. The molecule has 0 bridgehead atoms. The quantitative estimate of drug-likeness (QED) is 0.779. The lowest BCUT2D eigenvalue weighted by molar-refractivity contribution is 0.174. The van der Waals surface area contributed by atoms with Crippen LogP contribution >= 0.6 is 0 Å². The maximum atomic E-state index is 10.3. The van der Waals surface area contributed by atoms with Crippen LogP contribution in [0.5, 0.6) is 17.2 Å². The number of hydrogen-bond acceptors (Lipinski definition) is 5. The summed E-state index contributed by atoms with van der Waals surface area (Å²) in [6.45, 7) is 4.59. The number of rotatable bonds is 4. The van der Waals surface area contributed by atoms with Crippen molar-refractivity contribution < 1.29 is 14.6 Å². The van der Waals surface area contributed by atoms with Gasteiger partial charge in [-0.15, -0.1) is 0 Å². The lowest BCUT2D eigenvalue weighted by Gasteiger charge is -2.41. The number of phenolic OH excluding ortho intramolecular Hbond substituents is 1. The van der Waals surface area contributed by atoms with Crippen molar-refractivity contribution in [1.82, 2.24) is 10.6 Å². The molecule has 2 aliphatic rings. The van der Waals surface area contributed by atoms with Gasteiger partial charge in [-0.3, -0.25) is 5.32 Å². The fraction of sp³-hybridized carbons (Fsp3) is 0.333. The molecule has 0 saturated heterocycles. The average molecular weight is 352 g/mol. The topological polar surface area (TPSA) is 62.8 Å². The number of hydrogen-bond donors (Lipinski definition) is 3. The van der Waals surface area contributed by atoms with Crippen molar-refractivity contribution in [3.63, 3.8) is 0 Å². The highest BCUT2D eigenvalue weighted by atomic mass is 16.7. The van der Waals surface area contributed by atoms with E-state index >= 15 is 0 Å². The van der Waals surface area contributed by atoms with E-state index in [1.54, 1.807) is 6.07 Å². The van der Waals surface area contributed by atoms with Gasteiger partial charge in [0.15, 0.2) is 11.5 Å². The molecule has 0 saturated carbocycles. The van der Waals surface area contributed by atoms with Gasteiger partial charge in [-0.1, -0.05) is 31.5 Å². The summed E-state index contributed by atoms with van der Waals surface area (Å²) >= 11 is 0. The first-order valence-electron chi connectivity index (χ1n) is 9.03. The highest BCUT2D eigenvalue weighted by molar-refractivity contribution is 5.69. The Balaban J connectivity index is 1.75. The molecule has 0 spiro atoms. The maximum Gasteiger partial charge on any atom is 0.231 e. The largest absolute Gasteiger partial charge is 0.508 e. The lowest BCUT2D eigenvalue weighted by atomic mass is 9.94. The molecule has 2 heterocycles. The van der Waals surface area contributed by atoms with Crippen molar-refractivity contribution in [2.75, 3.05) is 6.79 Å². The van der Waals surface area contributed by atoms with Gasteiger partial charge in [0.05, 0.1) is 11.7 Å². The summed E-state index contributed by atoms with van der Waals surface area (Å²) in [7, 11) is 0. The molecule has 0 aromatic heterocycles. The number of nitrogens with one attached hydrogen (secondary N) is 2. The summed E-state index contributed by atoms with van der Waals surface area (Å²) in [5, 5.41) is 17.6. The molecule has 2 unspecified atom stereocenters. The zero-order valence-corrected chi connectivity index (χ0v) is 15.1. The number of phenols is 1. The van der Waals surface area contributed by atoms with Crippen molar-refractivity contribution in [2.24, 2.45) is 0 Å². The molecule has 2 aliphatic heterocycles. The van der Waals surface area contributed by atoms with Gasteiger partial charge in [0.25, 0.3) is 0 Å². The van der Waals surface area contributed by atoms with E-state index in [0.717, 1.165) is 41.2 Å². The number of fused-ring (bicyclic) bond motifs is 1. The van der Waals surface area contributed by atoms with Gasteiger partial charge in [-0.2, -0.15) is 0 Å². The van der Waals surface area contributed by atoms with Gasteiger partial charge in [-0.25, -0.2) is 0 Å². The van der Waals surface area contributed by atoms with Gasteiger partial charge >= 0.3 is 0 Å². The Morgan fingerprint density at radius 1 is 1.15 bits per heavy atom. The predicted octanol–water partition coefficient (Wildman–Crippen LogP) is 3.91. The van der Waals surface area contributed by atoms with E-state index < -0.39 is 0 Å². The Hall–Kier alpha value is -2.66. The summed E-state index contributed by atoms with van der Waals surface area (Å²) in [5.74, 6) is 1.84. The number of aromatic hydroxyl groups is 1. The van der Waals surface area contributed by atoms with Crippen LogP contribution in [-0.2, 0) is 0 Å². The Bertz CT molecular complexity index is 849. The summed E-state index contributed by atoms with van der Waals surface area (Å²) in [4.78, 5) is 0. The van der Waals surface area contributed by atoms with Crippen LogP contribution in [0.1, 0.15) is 43.9 Å². The number of para-hydroxylation sites is 1. The minimum absolute atomic E-state index is 0.0885. The fourth-order valence-electron chi connectivity index (χ4n) is 3.71. The number of benzene rings is 2. The van der Waals surface area contributed by atoms with Crippen LogP contribution in [0.25, 0.3) is 5.70 Å². The normalized spacial score (nSPS) is 24.1. The third kappa shape index (κ3) is 3.10. The van der Waals surface area contributed by atoms with Crippen LogP contribution in [0.4, 0.5) is 0 Å². The molecule has 5 heteroatoms. The van der Waals surface area contributed by atoms with E-state index in [1.165, 1.54) is 0 Å². The summed E-state index contributed by atoms with van der Waals surface area (Å²) < 4.78 is 10.9. The first-order chi connectivity index (χ1) is 12.6. The van der Waals surface area contributed by atoms with Crippen molar-refractivity contribution in [2.45, 2.75) is 38.4 Å². The zero-order chi connectivity index (χ0) is 18.1. The molecule has 3 N–H and O–H groups in total. The van der Waals surface area contributed by atoms with E-state index in [-0.39, 0.29) is 18.5 Å². The number of ether oxygens (including phenoxy) is 2. The highest BCUT2D eigenvalue weighted by Gasteiger charge is 2.32. The lowest BCUT2D eigenvalue weighted by Crippen LogP contribution is -2.57. The second-order valence-electron chi connectivity index (χ2n) is 7.04. The SMILES string of the molecule is CCCC1(C)NC(c2ccc3c(c2)OCO3)=CC(c2ccccc2O)N1. The van der Waals surface area contributed by atoms with Crippen molar-refractivity contribution in [3.8, 4) is 17.2 Å². The molecule has 0 amide bonds. The van der Waals surface area contributed by atoms with Crippen LogP contribution in [0.15, 0.2) is 48.5 Å². The van der Waals surface area contributed by atoms with Crippen LogP contribution in [0.3, 0.4) is 0 Å². The monoisotopic (exact) mass is 352 g/mol. The smallest absolute Gasteiger partial charge is 0.231 e. The van der Waals surface area contributed by atoms with Crippen LogP contribution < -0.4 is 20.1 Å². The van der Waals surface area contributed by atoms with E-state index in [9.17, 15) is 5.11 Å². The molecule has 2 aromatic carbocycles. The van der Waals surface area contributed by atoms with Crippen molar-refractivity contribution in [3.05, 3.63) is 59.7 Å². The van der Waals surface area contributed by atoms with E-state index in [2.05, 4.69) is 30.6 Å². The maximum absolute atomic E-state index is 10.3. The third-order valence-corrected chi connectivity index (χ3v) is 4.92. The van der Waals surface area contributed by atoms with Gasteiger partial charge in [0.2, 0.25) is 6.79 Å². The molecule has 4 rings (SSSR count). The zero-order valence-electron chi connectivity index (χ0n) is 15.1. The van der Waals surface area contributed by atoms with Crippen LogP contribution in [0, 0.1) is 0 Å². The Morgan fingerprint density at radius 3 is 2.77 bits per heavy atom. The standard InChI is InChI=1S/C21H24N2O3/c1-3-10-21(2)22-16(14-8-9-19-20(11-14)26-13-25-19)12-17(23-21)15-6-4-5-7-18(15)24/h4-9,11-12,17,22-24H,3,10,13H2,1-2H3. The molecule has 5 nitrogen and oxygen atoms in total. The van der Waals surface area contributed by atoms with E-state index in [4.69, 9.17) is 9.47 Å². The summed E-state index contributed by atoms with van der Waals surface area (Å²) in [6.07, 6.45) is 4.11. The minimum atomic E-state index is -0.276. The molecule has 0 fully saturated rings. The Kier molecular flexibility index (Phi) is 4.24. The predicted molar refractivity (Wildman–Crippen MR) is 101 cm³/mol. The Morgan fingerprint density at radius 2 is 1.96 bits per heavy atom. The summed E-state index contributed by atoms with van der Waals surface area (Å²) in [6, 6.07) is 13.4. The van der Waals surface area contributed by atoms with Crippen LogP contribution in [0.2, 0.25) is 0 Å². The molecule has 26 heavy (non-hydrogen) atoms. The molecule has 0 radical (unpaired) electrons. The third-order valence-electron chi connectivity index (χ3n) is 4.92.